The summed E-state index contributed by atoms with van der Waals surface area (Å²) in [6.45, 7) is 0. The third kappa shape index (κ3) is 1.72. The molecule has 0 aliphatic carbocycles. The summed E-state index contributed by atoms with van der Waals surface area (Å²) < 4.78 is 1.67. The monoisotopic (exact) mass is 235 g/mol. The second kappa shape index (κ2) is 4.15. The van der Waals surface area contributed by atoms with Gasteiger partial charge in [0.05, 0.1) is 5.52 Å². The number of fused-ring (bicyclic) bond motifs is 1. The summed E-state index contributed by atoms with van der Waals surface area (Å²) in [5.41, 5.74) is 3.34. The van der Waals surface area contributed by atoms with Crippen LogP contribution in [0.2, 0.25) is 0 Å². The molecule has 2 heteroatoms. The first kappa shape index (κ1) is 10.8. The van der Waals surface area contributed by atoms with Gasteiger partial charge in [-0.15, -0.1) is 0 Å². The maximum Gasteiger partial charge on any atom is 0.250 e. The minimum absolute atomic E-state index is 0.0231. The maximum absolute atomic E-state index is 11.6. The molecule has 0 aliphatic heterocycles. The molecular formula is C16H13NO. The van der Waals surface area contributed by atoms with Gasteiger partial charge in [-0.05, 0) is 34.7 Å². The number of hydrogen-bond acceptors (Lipinski definition) is 1. The van der Waals surface area contributed by atoms with Crippen molar-refractivity contribution in [3.8, 4) is 11.1 Å². The molecule has 0 atom stereocenters. The second-order valence-electron chi connectivity index (χ2n) is 4.37. The van der Waals surface area contributed by atoms with E-state index < -0.39 is 0 Å². The molecule has 1 heterocycles. The van der Waals surface area contributed by atoms with Gasteiger partial charge in [0.25, 0.3) is 5.56 Å². The molecule has 0 saturated carbocycles. The van der Waals surface area contributed by atoms with E-state index in [1.165, 1.54) is 11.1 Å². The van der Waals surface area contributed by atoms with E-state index in [0.717, 1.165) is 10.9 Å². The molecule has 0 radical (unpaired) electrons. The van der Waals surface area contributed by atoms with E-state index in [0.29, 0.717) is 0 Å². The fourth-order valence-corrected chi connectivity index (χ4v) is 2.20. The third-order valence-electron chi connectivity index (χ3n) is 3.23. The summed E-state index contributed by atoms with van der Waals surface area (Å²) in [5.74, 6) is 0. The van der Waals surface area contributed by atoms with Crippen molar-refractivity contribution in [3.05, 3.63) is 71.0 Å². The van der Waals surface area contributed by atoms with Crippen molar-refractivity contribution in [2.75, 3.05) is 0 Å². The molecule has 3 rings (SSSR count). The van der Waals surface area contributed by atoms with Crippen molar-refractivity contribution in [2.24, 2.45) is 7.05 Å². The Kier molecular flexibility index (Phi) is 2.49. The Morgan fingerprint density at radius 2 is 1.61 bits per heavy atom. The summed E-state index contributed by atoms with van der Waals surface area (Å²) in [6.07, 6.45) is 0. The first-order valence-electron chi connectivity index (χ1n) is 5.91. The highest BCUT2D eigenvalue weighted by Gasteiger charge is 2.02. The number of rotatable bonds is 1. The average Bonchev–Trinajstić information content (AvgIpc) is 2.44. The number of aromatic nitrogens is 1. The van der Waals surface area contributed by atoms with Gasteiger partial charge < -0.3 is 4.57 Å². The minimum atomic E-state index is 0.0231. The van der Waals surface area contributed by atoms with E-state index in [1.54, 1.807) is 17.7 Å². The zero-order valence-electron chi connectivity index (χ0n) is 10.1. The highest BCUT2D eigenvalue weighted by atomic mass is 16.1. The highest BCUT2D eigenvalue weighted by molar-refractivity contribution is 5.84. The molecule has 1 aromatic heterocycles. The first-order chi connectivity index (χ1) is 8.75. The van der Waals surface area contributed by atoms with Gasteiger partial charge in [-0.25, -0.2) is 0 Å². The van der Waals surface area contributed by atoms with E-state index >= 15 is 0 Å². The minimum Gasteiger partial charge on any atom is -0.311 e. The summed E-state index contributed by atoms with van der Waals surface area (Å²) >= 11 is 0. The second-order valence-corrected chi connectivity index (χ2v) is 4.37. The van der Waals surface area contributed by atoms with Gasteiger partial charge in [0.2, 0.25) is 0 Å². The molecular weight excluding hydrogens is 222 g/mol. The van der Waals surface area contributed by atoms with Crippen LogP contribution < -0.4 is 5.56 Å². The van der Waals surface area contributed by atoms with Crippen molar-refractivity contribution < 1.29 is 0 Å². The summed E-state index contributed by atoms with van der Waals surface area (Å²) in [7, 11) is 1.80. The number of pyridine rings is 1. The lowest BCUT2D eigenvalue weighted by atomic mass is 10.0. The summed E-state index contributed by atoms with van der Waals surface area (Å²) in [4.78, 5) is 11.6. The molecule has 2 aromatic carbocycles. The first-order valence-corrected chi connectivity index (χ1v) is 5.91. The molecule has 88 valence electrons. The molecule has 0 fully saturated rings. The zero-order chi connectivity index (χ0) is 12.5. The van der Waals surface area contributed by atoms with E-state index in [9.17, 15) is 4.79 Å². The van der Waals surface area contributed by atoms with Gasteiger partial charge in [-0.3, -0.25) is 4.79 Å². The zero-order valence-corrected chi connectivity index (χ0v) is 10.1. The van der Waals surface area contributed by atoms with Crippen LogP contribution in [0.25, 0.3) is 22.0 Å². The lowest BCUT2D eigenvalue weighted by molar-refractivity contribution is 0.906. The van der Waals surface area contributed by atoms with E-state index in [1.807, 2.05) is 30.3 Å². The molecule has 2 nitrogen and oxygen atoms in total. The number of benzene rings is 2. The lowest BCUT2D eigenvalue weighted by Gasteiger charge is -2.07. The smallest absolute Gasteiger partial charge is 0.250 e. The van der Waals surface area contributed by atoms with Crippen molar-refractivity contribution in [1.29, 1.82) is 0 Å². The van der Waals surface area contributed by atoms with Crippen LogP contribution in [0.15, 0.2) is 65.5 Å². The largest absolute Gasteiger partial charge is 0.311 e. The SMILES string of the molecule is Cn1c(=O)ccc2cc(-c3ccccc3)ccc21. The van der Waals surface area contributed by atoms with Crippen LogP contribution in [0.1, 0.15) is 0 Å². The van der Waals surface area contributed by atoms with Crippen LogP contribution in [-0.2, 0) is 7.05 Å². The molecule has 0 amide bonds. The van der Waals surface area contributed by atoms with Gasteiger partial charge in [-0.1, -0.05) is 36.4 Å². The Balaban J connectivity index is 2.25. The fraction of sp³-hybridized carbons (Fsp3) is 0.0625. The quantitative estimate of drug-likeness (QED) is 0.635. The van der Waals surface area contributed by atoms with Crippen molar-refractivity contribution in [1.82, 2.24) is 4.57 Å². The van der Waals surface area contributed by atoms with Gasteiger partial charge in [-0.2, -0.15) is 0 Å². The molecule has 0 N–H and O–H groups in total. The number of aryl methyl sites for hydroxylation is 1. The third-order valence-corrected chi connectivity index (χ3v) is 3.23. The maximum atomic E-state index is 11.6. The van der Waals surface area contributed by atoms with Crippen LogP contribution in [0.5, 0.6) is 0 Å². The number of hydrogen-bond donors (Lipinski definition) is 0. The van der Waals surface area contributed by atoms with Crippen molar-refractivity contribution in [2.45, 2.75) is 0 Å². The fourth-order valence-electron chi connectivity index (χ4n) is 2.20. The molecule has 0 saturated heterocycles. The van der Waals surface area contributed by atoms with Crippen LogP contribution in [-0.4, -0.2) is 4.57 Å². The Morgan fingerprint density at radius 3 is 2.39 bits per heavy atom. The van der Waals surface area contributed by atoms with Crippen LogP contribution in [0, 0.1) is 0 Å². The number of nitrogens with zero attached hydrogens (tertiary/aromatic N) is 1. The highest BCUT2D eigenvalue weighted by Crippen LogP contribution is 2.23. The molecule has 0 spiro atoms. The average molecular weight is 235 g/mol. The van der Waals surface area contributed by atoms with Gasteiger partial charge in [0.1, 0.15) is 0 Å². The Hall–Kier alpha value is -2.35. The van der Waals surface area contributed by atoms with Crippen LogP contribution >= 0.6 is 0 Å². The molecule has 0 bridgehead atoms. The Bertz CT molecular complexity index is 757. The predicted octanol–water partition coefficient (Wildman–Crippen LogP) is 3.21. The molecule has 0 aliphatic rings. The van der Waals surface area contributed by atoms with Crippen LogP contribution in [0.4, 0.5) is 0 Å². The Labute approximate surface area is 105 Å². The predicted molar refractivity (Wildman–Crippen MR) is 74.6 cm³/mol. The molecule has 0 unspecified atom stereocenters. The van der Waals surface area contributed by atoms with E-state index in [-0.39, 0.29) is 5.56 Å². The summed E-state index contributed by atoms with van der Waals surface area (Å²) in [5, 5.41) is 1.08. The normalized spacial score (nSPS) is 10.7. The van der Waals surface area contributed by atoms with E-state index in [4.69, 9.17) is 0 Å². The summed E-state index contributed by atoms with van der Waals surface area (Å²) in [6, 6.07) is 19.9. The van der Waals surface area contributed by atoms with Gasteiger partial charge in [0, 0.05) is 13.1 Å². The van der Waals surface area contributed by atoms with Gasteiger partial charge >= 0.3 is 0 Å². The van der Waals surface area contributed by atoms with Crippen LogP contribution in [0.3, 0.4) is 0 Å². The van der Waals surface area contributed by atoms with Gasteiger partial charge in [0.15, 0.2) is 0 Å². The standard InChI is InChI=1S/C16H13NO/c1-17-15-9-7-13(12-5-3-2-4-6-12)11-14(15)8-10-16(17)18/h2-11H,1H3. The topological polar surface area (TPSA) is 22.0 Å². The Morgan fingerprint density at radius 1 is 0.833 bits per heavy atom. The molecule has 3 aromatic rings. The molecule has 18 heavy (non-hydrogen) atoms. The lowest BCUT2D eigenvalue weighted by Crippen LogP contribution is -2.14. The van der Waals surface area contributed by atoms with Crippen molar-refractivity contribution in [3.63, 3.8) is 0 Å². The van der Waals surface area contributed by atoms with Crippen molar-refractivity contribution >= 4 is 10.9 Å². The van der Waals surface area contributed by atoms with E-state index in [2.05, 4.69) is 24.3 Å².